The third kappa shape index (κ3) is 4.15. The van der Waals surface area contributed by atoms with Crippen molar-refractivity contribution in [1.82, 2.24) is 4.98 Å². The van der Waals surface area contributed by atoms with Crippen molar-refractivity contribution in [2.75, 3.05) is 28.6 Å². The minimum Gasteiger partial charge on any atom is -0.381 e. The van der Waals surface area contributed by atoms with E-state index in [-0.39, 0.29) is 5.91 Å². The number of hydrogen-bond acceptors (Lipinski definition) is 4. The lowest BCUT2D eigenvalue weighted by molar-refractivity contribution is 0.102. The summed E-state index contributed by atoms with van der Waals surface area (Å²) in [5.41, 5.74) is 3.52. The first kappa shape index (κ1) is 16.9. The van der Waals surface area contributed by atoms with Gasteiger partial charge in [-0.05, 0) is 61.9 Å². The molecule has 2 aliphatic rings. The molecule has 1 aliphatic carbocycles. The van der Waals surface area contributed by atoms with Gasteiger partial charge in [0, 0.05) is 42.9 Å². The Bertz CT molecular complexity index is 762. The van der Waals surface area contributed by atoms with E-state index < -0.39 is 0 Å². The lowest BCUT2D eigenvalue weighted by atomic mass is 9.99. The fourth-order valence-electron chi connectivity index (χ4n) is 3.33. The summed E-state index contributed by atoms with van der Waals surface area (Å²) in [6, 6.07) is 10.5. The molecule has 0 atom stereocenters. The Morgan fingerprint density at radius 2 is 1.77 bits per heavy atom. The van der Waals surface area contributed by atoms with Gasteiger partial charge in [0.05, 0.1) is 11.3 Å². The van der Waals surface area contributed by atoms with Crippen molar-refractivity contribution in [3.63, 3.8) is 0 Å². The molecule has 5 nitrogen and oxygen atoms in total. The van der Waals surface area contributed by atoms with E-state index in [4.69, 9.17) is 0 Å². The predicted octanol–water partition coefficient (Wildman–Crippen LogP) is 4.14. The van der Waals surface area contributed by atoms with Crippen molar-refractivity contribution >= 4 is 23.0 Å². The maximum atomic E-state index is 12.5. The molecule has 4 rings (SSSR count). The molecular weight excluding hydrogens is 324 g/mol. The Kier molecular flexibility index (Phi) is 4.78. The largest absolute Gasteiger partial charge is 0.381 e. The van der Waals surface area contributed by atoms with Crippen molar-refractivity contribution in [1.29, 1.82) is 0 Å². The van der Waals surface area contributed by atoms with Crippen LogP contribution in [0.4, 0.5) is 17.1 Å². The van der Waals surface area contributed by atoms with E-state index in [2.05, 4.69) is 39.6 Å². The standard InChI is InChI=1S/C21H26N4O/c1-15-8-10-25(11-9-15)20-6-4-18(5-7-20)24-21(26)16-12-19(14-22-13-16)23-17-2-3-17/h4-7,12-15,17,23H,2-3,8-11H2,1H3,(H,24,26). The molecule has 1 aromatic carbocycles. The number of nitrogens with one attached hydrogen (secondary N) is 2. The van der Waals surface area contributed by atoms with Crippen LogP contribution >= 0.6 is 0 Å². The summed E-state index contributed by atoms with van der Waals surface area (Å²) in [4.78, 5) is 19.1. The molecule has 1 saturated heterocycles. The highest BCUT2D eigenvalue weighted by atomic mass is 16.1. The van der Waals surface area contributed by atoms with Crippen LogP contribution in [0.25, 0.3) is 0 Å². The van der Waals surface area contributed by atoms with Crippen LogP contribution in [0.15, 0.2) is 42.7 Å². The highest BCUT2D eigenvalue weighted by molar-refractivity contribution is 6.04. The molecule has 2 fully saturated rings. The summed E-state index contributed by atoms with van der Waals surface area (Å²) in [5.74, 6) is 0.695. The van der Waals surface area contributed by atoms with E-state index in [1.165, 1.54) is 31.4 Å². The van der Waals surface area contributed by atoms with Crippen LogP contribution in [0.2, 0.25) is 0 Å². The van der Waals surface area contributed by atoms with Crippen molar-refractivity contribution in [3.8, 4) is 0 Å². The predicted molar refractivity (Wildman–Crippen MR) is 106 cm³/mol. The summed E-state index contributed by atoms with van der Waals surface area (Å²) in [7, 11) is 0. The zero-order chi connectivity index (χ0) is 17.9. The van der Waals surface area contributed by atoms with Crippen molar-refractivity contribution in [2.45, 2.75) is 38.6 Å². The first-order valence-electron chi connectivity index (χ1n) is 9.55. The van der Waals surface area contributed by atoms with E-state index in [1.807, 2.05) is 18.2 Å². The number of pyridine rings is 1. The van der Waals surface area contributed by atoms with Gasteiger partial charge in [-0.2, -0.15) is 0 Å². The Hall–Kier alpha value is -2.56. The van der Waals surface area contributed by atoms with Gasteiger partial charge in [0.25, 0.3) is 5.91 Å². The number of anilines is 3. The SMILES string of the molecule is CC1CCN(c2ccc(NC(=O)c3cncc(NC4CC4)c3)cc2)CC1. The molecule has 1 aromatic heterocycles. The maximum Gasteiger partial charge on any atom is 0.257 e. The second kappa shape index (κ2) is 7.36. The van der Waals surface area contributed by atoms with E-state index in [9.17, 15) is 4.79 Å². The molecule has 0 radical (unpaired) electrons. The van der Waals surface area contributed by atoms with Gasteiger partial charge in [-0.15, -0.1) is 0 Å². The van der Waals surface area contributed by atoms with Gasteiger partial charge < -0.3 is 15.5 Å². The Balaban J connectivity index is 1.38. The zero-order valence-corrected chi connectivity index (χ0v) is 15.2. The molecule has 26 heavy (non-hydrogen) atoms. The second-order valence-corrected chi connectivity index (χ2v) is 7.55. The molecular formula is C21H26N4O. The van der Waals surface area contributed by atoms with Crippen LogP contribution in [0, 0.1) is 5.92 Å². The number of aromatic nitrogens is 1. The third-order valence-corrected chi connectivity index (χ3v) is 5.22. The number of carbonyl (C=O) groups is 1. The Labute approximate surface area is 154 Å². The molecule has 0 unspecified atom stereocenters. The number of hydrogen-bond donors (Lipinski definition) is 2. The number of carbonyl (C=O) groups excluding carboxylic acids is 1. The van der Waals surface area contributed by atoms with Crippen LogP contribution in [0.1, 0.15) is 43.0 Å². The van der Waals surface area contributed by atoms with Crippen LogP contribution in [-0.4, -0.2) is 30.0 Å². The number of nitrogens with zero attached hydrogens (tertiary/aromatic N) is 2. The second-order valence-electron chi connectivity index (χ2n) is 7.55. The van der Waals surface area contributed by atoms with Crippen LogP contribution in [0.5, 0.6) is 0 Å². The lowest BCUT2D eigenvalue weighted by Gasteiger charge is -2.32. The summed E-state index contributed by atoms with van der Waals surface area (Å²) < 4.78 is 0. The number of rotatable bonds is 5. The summed E-state index contributed by atoms with van der Waals surface area (Å²) in [6.07, 6.45) is 8.25. The molecule has 0 bridgehead atoms. The average Bonchev–Trinajstić information content (AvgIpc) is 3.47. The van der Waals surface area contributed by atoms with Gasteiger partial charge >= 0.3 is 0 Å². The van der Waals surface area contributed by atoms with E-state index in [1.54, 1.807) is 12.4 Å². The van der Waals surface area contributed by atoms with E-state index in [0.717, 1.165) is 30.4 Å². The van der Waals surface area contributed by atoms with Crippen LogP contribution < -0.4 is 15.5 Å². The van der Waals surface area contributed by atoms with E-state index >= 15 is 0 Å². The van der Waals surface area contributed by atoms with Gasteiger partial charge in [-0.3, -0.25) is 9.78 Å². The highest BCUT2D eigenvalue weighted by Crippen LogP contribution is 2.26. The fourth-order valence-corrected chi connectivity index (χ4v) is 3.33. The van der Waals surface area contributed by atoms with E-state index in [0.29, 0.717) is 11.6 Å². The minimum atomic E-state index is -0.128. The Morgan fingerprint density at radius 3 is 2.46 bits per heavy atom. The molecule has 2 aromatic rings. The summed E-state index contributed by atoms with van der Waals surface area (Å²) >= 11 is 0. The van der Waals surface area contributed by atoms with Gasteiger partial charge in [-0.25, -0.2) is 0 Å². The third-order valence-electron chi connectivity index (χ3n) is 5.22. The normalized spacial score (nSPS) is 17.8. The first-order valence-corrected chi connectivity index (χ1v) is 9.55. The van der Waals surface area contributed by atoms with Crippen molar-refractivity contribution in [2.24, 2.45) is 5.92 Å². The van der Waals surface area contributed by atoms with Gasteiger partial charge in [0.15, 0.2) is 0 Å². The van der Waals surface area contributed by atoms with Crippen LogP contribution in [-0.2, 0) is 0 Å². The number of amides is 1. The van der Waals surface area contributed by atoms with Crippen molar-refractivity contribution < 1.29 is 4.79 Å². The zero-order valence-electron chi connectivity index (χ0n) is 15.2. The molecule has 1 amide bonds. The molecule has 5 heteroatoms. The first-order chi connectivity index (χ1) is 12.7. The van der Waals surface area contributed by atoms with Gasteiger partial charge in [0.2, 0.25) is 0 Å². The monoisotopic (exact) mass is 350 g/mol. The Morgan fingerprint density at radius 1 is 1.04 bits per heavy atom. The highest BCUT2D eigenvalue weighted by Gasteiger charge is 2.21. The van der Waals surface area contributed by atoms with Gasteiger partial charge in [-0.1, -0.05) is 6.92 Å². The molecule has 1 saturated carbocycles. The molecule has 136 valence electrons. The lowest BCUT2D eigenvalue weighted by Crippen LogP contribution is -2.32. The summed E-state index contributed by atoms with van der Waals surface area (Å²) in [6.45, 7) is 4.54. The minimum absolute atomic E-state index is 0.128. The molecule has 2 N–H and O–H groups in total. The van der Waals surface area contributed by atoms with Gasteiger partial charge in [0.1, 0.15) is 0 Å². The smallest absolute Gasteiger partial charge is 0.257 e. The molecule has 1 aliphatic heterocycles. The van der Waals surface area contributed by atoms with Crippen LogP contribution in [0.3, 0.4) is 0 Å². The number of benzene rings is 1. The fraction of sp³-hybridized carbons (Fsp3) is 0.429. The topological polar surface area (TPSA) is 57.3 Å². The maximum absolute atomic E-state index is 12.5. The number of piperidine rings is 1. The average molecular weight is 350 g/mol. The summed E-state index contributed by atoms with van der Waals surface area (Å²) in [5, 5.41) is 6.34. The molecule has 2 heterocycles. The van der Waals surface area contributed by atoms with Crippen molar-refractivity contribution in [3.05, 3.63) is 48.3 Å². The molecule has 0 spiro atoms. The quantitative estimate of drug-likeness (QED) is 0.851.